The van der Waals surface area contributed by atoms with Crippen LogP contribution in [0.25, 0.3) is 21.3 Å². The van der Waals surface area contributed by atoms with E-state index in [1.165, 1.54) is 16.9 Å². The first-order chi connectivity index (χ1) is 17.1. The number of alkyl halides is 2. The van der Waals surface area contributed by atoms with Crippen molar-refractivity contribution < 1.29 is 23.3 Å². The van der Waals surface area contributed by atoms with Crippen molar-refractivity contribution in [3.8, 4) is 11.1 Å². The summed E-state index contributed by atoms with van der Waals surface area (Å²) in [4.78, 5) is 39.3. The van der Waals surface area contributed by atoms with Crippen molar-refractivity contribution in [3.05, 3.63) is 51.0 Å². The van der Waals surface area contributed by atoms with Crippen molar-refractivity contribution in [1.29, 1.82) is 0 Å². The minimum absolute atomic E-state index is 0.0245. The van der Waals surface area contributed by atoms with Gasteiger partial charge in [0, 0.05) is 36.7 Å². The fourth-order valence-corrected chi connectivity index (χ4v) is 4.68. The van der Waals surface area contributed by atoms with Crippen molar-refractivity contribution in [1.82, 2.24) is 24.5 Å². The molecule has 0 saturated heterocycles. The Morgan fingerprint density at radius 3 is 2.61 bits per heavy atom. The van der Waals surface area contributed by atoms with Crippen LogP contribution in [0, 0.1) is 17.0 Å². The van der Waals surface area contributed by atoms with Crippen LogP contribution in [0.15, 0.2) is 24.7 Å². The maximum Gasteiger partial charge on any atom is 0.306 e. The molecule has 0 spiro atoms. The largest absolute Gasteiger partial charge is 0.365 e. The van der Waals surface area contributed by atoms with Gasteiger partial charge in [-0.15, -0.1) is 11.3 Å². The number of aromatic nitrogens is 5. The average Bonchev–Trinajstić information content (AvgIpc) is 3.54. The van der Waals surface area contributed by atoms with Gasteiger partial charge in [0.2, 0.25) is 5.91 Å². The Hall–Kier alpha value is -4.27. The monoisotopic (exact) mass is 518 g/mol. The number of nitrogens with zero attached hydrogens (tertiary/aromatic N) is 6. The molecular weight excluding hydrogens is 498 g/mol. The van der Waals surface area contributed by atoms with Crippen LogP contribution in [0.3, 0.4) is 0 Å². The summed E-state index contributed by atoms with van der Waals surface area (Å²) in [6, 6.07) is 1.22. The molecule has 2 amide bonds. The number of nitrogens with one attached hydrogen (secondary N) is 1. The molecule has 0 radical (unpaired) electrons. The number of hydrogen-bond acceptors (Lipinski definition) is 8. The Morgan fingerprint density at radius 2 is 2.03 bits per heavy atom. The molecule has 0 unspecified atom stereocenters. The molecule has 0 saturated carbocycles. The zero-order chi connectivity index (χ0) is 26.1. The summed E-state index contributed by atoms with van der Waals surface area (Å²) in [5.41, 5.74) is 6.33. The molecule has 15 heteroatoms. The lowest BCUT2D eigenvalue weighted by atomic mass is 10.0. The Kier molecular flexibility index (Phi) is 6.74. The fourth-order valence-electron chi connectivity index (χ4n) is 3.67. The first-order valence-electron chi connectivity index (χ1n) is 10.7. The van der Waals surface area contributed by atoms with Gasteiger partial charge < -0.3 is 11.1 Å². The highest BCUT2D eigenvalue weighted by Gasteiger charge is 2.26. The van der Waals surface area contributed by atoms with Crippen LogP contribution in [-0.2, 0) is 17.9 Å². The minimum atomic E-state index is -2.87. The molecule has 4 aromatic heterocycles. The molecule has 4 rings (SSSR count). The van der Waals surface area contributed by atoms with E-state index < -0.39 is 28.9 Å². The van der Waals surface area contributed by atoms with Crippen LogP contribution in [0.5, 0.6) is 0 Å². The maximum atomic E-state index is 13.7. The number of thiophene rings is 1. The number of pyridine rings is 1. The summed E-state index contributed by atoms with van der Waals surface area (Å²) >= 11 is 0.800. The molecule has 0 aliphatic carbocycles. The lowest BCUT2D eigenvalue weighted by Crippen LogP contribution is -2.18. The van der Waals surface area contributed by atoms with Crippen molar-refractivity contribution in [2.24, 2.45) is 5.73 Å². The van der Waals surface area contributed by atoms with Gasteiger partial charge >= 0.3 is 5.69 Å². The van der Waals surface area contributed by atoms with Crippen LogP contribution < -0.4 is 11.1 Å². The second-order valence-electron chi connectivity index (χ2n) is 7.75. The van der Waals surface area contributed by atoms with E-state index >= 15 is 0 Å². The highest BCUT2D eigenvalue weighted by atomic mass is 32.1. The van der Waals surface area contributed by atoms with Crippen LogP contribution >= 0.6 is 11.3 Å². The number of halogens is 2. The van der Waals surface area contributed by atoms with Gasteiger partial charge in [0.1, 0.15) is 27.8 Å². The van der Waals surface area contributed by atoms with Gasteiger partial charge in [0.05, 0.1) is 16.3 Å². The first-order valence-corrected chi connectivity index (χ1v) is 11.5. The number of carbonyl (C=O) groups excluding carboxylic acids is 2. The maximum absolute atomic E-state index is 13.7. The number of rotatable bonds is 9. The summed E-state index contributed by atoms with van der Waals surface area (Å²) in [6.07, 6.45) is 0.928. The van der Waals surface area contributed by atoms with Gasteiger partial charge in [-0.3, -0.25) is 29.1 Å². The molecule has 188 valence electrons. The third-order valence-electron chi connectivity index (χ3n) is 5.35. The van der Waals surface area contributed by atoms with Gasteiger partial charge in [-0.1, -0.05) is 0 Å². The smallest absolute Gasteiger partial charge is 0.306 e. The summed E-state index contributed by atoms with van der Waals surface area (Å²) in [5, 5.41) is 22.0. The number of anilines is 1. The SMILES string of the molecule is CCn1cc(-c2cc(C(F)F)nc3sc(C(N)=O)c(NC(=O)CCn4cc([N+](=O)[O-])cn4)c23)c(C)n1. The number of hydrogen-bond donors (Lipinski definition) is 2. The molecule has 0 aliphatic heterocycles. The Morgan fingerprint density at radius 1 is 1.28 bits per heavy atom. The fraction of sp³-hybridized carbons (Fsp3) is 0.286. The normalized spacial score (nSPS) is 11.4. The van der Waals surface area contributed by atoms with Gasteiger partial charge in [-0.05, 0) is 25.5 Å². The molecule has 0 fully saturated rings. The van der Waals surface area contributed by atoms with E-state index in [2.05, 4.69) is 20.5 Å². The number of fused-ring (bicyclic) bond motifs is 1. The summed E-state index contributed by atoms with van der Waals surface area (Å²) in [6.45, 7) is 4.16. The zero-order valence-corrected chi connectivity index (χ0v) is 19.9. The van der Waals surface area contributed by atoms with Crippen molar-refractivity contribution in [3.63, 3.8) is 0 Å². The van der Waals surface area contributed by atoms with E-state index in [1.54, 1.807) is 17.8 Å². The van der Waals surface area contributed by atoms with E-state index in [0.29, 0.717) is 28.8 Å². The van der Waals surface area contributed by atoms with Gasteiger partial charge in [0.25, 0.3) is 12.3 Å². The van der Waals surface area contributed by atoms with Crippen LogP contribution in [-0.4, -0.2) is 41.3 Å². The summed E-state index contributed by atoms with van der Waals surface area (Å²) in [5.74, 6) is -1.40. The summed E-state index contributed by atoms with van der Waals surface area (Å²) < 4.78 is 30.2. The number of aryl methyl sites for hydroxylation is 3. The number of nitro groups is 1. The first kappa shape index (κ1) is 24.8. The van der Waals surface area contributed by atoms with Gasteiger partial charge in [-0.25, -0.2) is 13.8 Å². The lowest BCUT2D eigenvalue weighted by Gasteiger charge is -2.10. The summed E-state index contributed by atoms with van der Waals surface area (Å²) in [7, 11) is 0. The third kappa shape index (κ3) is 4.77. The number of nitrogens with two attached hydrogens (primary N) is 1. The van der Waals surface area contributed by atoms with Crippen LogP contribution in [0.4, 0.5) is 20.2 Å². The molecule has 0 atom stereocenters. The molecule has 12 nitrogen and oxygen atoms in total. The van der Waals surface area contributed by atoms with E-state index in [9.17, 15) is 28.5 Å². The van der Waals surface area contributed by atoms with Crippen LogP contribution in [0.2, 0.25) is 0 Å². The highest BCUT2D eigenvalue weighted by Crippen LogP contribution is 2.43. The highest BCUT2D eigenvalue weighted by molar-refractivity contribution is 7.21. The molecule has 0 bridgehead atoms. The van der Waals surface area contributed by atoms with Crippen LogP contribution in [0.1, 0.15) is 40.8 Å². The molecule has 3 N–H and O–H groups in total. The van der Waals surface area contributed by atoms with Gasteiger partial charge in [0.15, 0.2) is 0 Å². The Bertz CT molecular complexity index is 1490. The third-order valence-corrected chi connectivity index (χ3v) is 6.45. The number of carbonyl (C=O) groups is 2. The van der Waals surface area contributed by atoms with Crippen molar-refractivity contribution in [2.45, 2.75) is 39.8 Å². The second kappa shape index (κ2) is 9.77. The van der Waals surface area contributed by atoms with E-state index in [0.717, 1.165) is 17.5 Å². The van der Waals surface area contributed by atoms with E-state index in [1.807, 2.05) is 6.92 Å². The van der Waals surface area contributed by atoms with Gasteiger partial charge in [-0.2, -0.15) is 10.2 Å². The molecule has 36 heavy (non-hydrogen) atoms. The molecule has 4 heterocycles. The zero-order valence-electron chi connectivity index (χ0n) is 19.1. The molecule has 0 aliphatic rings. The van der Waals surface area contributed by atoms with E-state index in [-0.39, 0.29) is 34.0 Å². The minimum Gasteiger partial charge on any atom is -0.365 e. The predicted octanol–water partition coefficient (Wildman–Crippen LogP) is 3.66. The molecule has 0 aromatic carbocycles. The number of amides is 2. The second-order valence-corrected chi connectivity index (χ2v) is 8.75. The Balaban J connectivity index is 1.77. The Labute approximate surface area is 205 Å². The predicted molar refractivity (Wildman–Crippen MR) is 127 cm³/mol. The molecular formula is C21H20F2N8O4S. The average molecular weight is 519 g/mol. The topological polar surface area (TPSA) is 164 Å². The van der Waals surface area contributed by atoms with Crippen molar-refractivity contribution >= 4 is 44.7 Å². The van der Waals surface area contributed by atoms with E-state index in [4.69, 9.17) is 5.73 Å². The number of primary amides is 1. The lowest BCUT2D eigenvalue weighted by molar-refractivity contribution is -0.385. The quantitative estimate of drug-likeness (QED) is 0.252. The standard InChI is InChI=1S/C21H20F2N8O4S/c1-3-29-9-13(10(2)28-29)12-6-14(19(22)23)26-21-16(12)17(18(36-21)20(24)33)27-15(32)4-5-30-8-11(7-25-30)31(34)35/h6-9,19H,3-5H2,1-2H3,(H2,24,33)(H,27,32). The van der Waals surface area contributed by atoms with Crippen molar-refractivity contribution in [2.75, 3.05) is 5.32 Å². The molecule has 4 aromatic rings.